The van der Waals surface area contributed by atoms with Gasteiger partial charge in [-0.1, -0.05) is 53.5 Å². The fraction of sp³-hybridized carbons (Fsp3) is 0.200. The molecular weight excluding hydrogens is 385 g/mol. The maximum atomic E-state index is 12.7. The van der Waals surface area contributed by atoms with Crippen LogP contribution in [0.5, 0.6) is 5.75 Å². The van der Waals surface area contributed by atoms with E-state index in [9.17, 15) is 4.79 Å². The van der Waals surface area contributed by atoms with Crippen molar-refractivity contribution in [2.45, 2.75) is 13.0 Å². The van der Waals surface area contributed by atoms with Gasteiger partial charge in [0.05, 0.1) is 28.7 Å². The van der Waals surface area contributed by atoms with Crippen molar-refractivity contribution in [2.24, 2.45) is 5.92 Å². The van der Waals surface area contributed by atoms with Crippen molar-refractivity contribution in [3.05, 3.63) is 75.9 Å². The molecule has 1 unspecified atom stereocenters. The van der Waals surface area contributed by atoms with Crippen molar-refractivity contribution in [3.63, 3.8) is 0 Å². The van der Waals surface area contributed by atoms with Gasteiger partial charge in [0.1, 0.15) is 18.2 Å². The van der Waals surface area contributed by atoms with Crippen LogP contribution in [0.15, 0.2) is 54.7 Å². The molecule has 2 heterocycles. The van der Waals surface area contributed by atoms with Crippen LogP contribution in [0.2, 0.25) is 10.0 Å². The molecule has 1 N–H and O–H groups in total. The van der Waals surface area contributed by atoms with Gasteiger partial charge in [-0.3, -0.25) is 4.79 Å². The number of carbonyl (C=O) groups is 1. The molecule has 3 aromatic rings. The van der Waals surface area contributed by atoms with E-state index >= 15 is 0 Å². The zero-order valence-corrected chi connectivity index (χ0v) is 15.9. The molecule has 7 heteroatoms. The van der Waals surface area contributed by atoms with E-state index in [4.69, 9.17) is 27.9 Å². The summed E-state index contributed by atoms with van der Waals surface area (Å²) < 4.78 is 7.40. The number of benzene rings is 2. The molecule has 138 valence electrons. The summed E-state index contributed by atoms with van der Waals surface area (Å²) in [5.41, 5.74) is 1.88. The first-order chi connectivity index (χ1) is 13.1. The summed E-state index contributed by atoms with van der Waals surface area (Å²) >= 11 is 12.3. The average molecular weight is 402 g/mol. The second kappa shape index (κ2) is 7.62. The highest BCUT2D eigenvalue weighted by atomic mass is 35.5. The van der Waals surface area contributed by atoms with E-state index in [1.807, 2.05) is 36.4 Å². The number of carbonyl (C=O) groups excluding carboxylic acids is 1. The summed E-state index contributed by atoms with van der Waals surface area (Å²) in [4.78, 5) is 12.7. The molecule has 2 aromatic carbocycles. The Balaban J connectivity index is 1.47. The lowest BCUT2D eigenvalue weighted by Crippen LogP contribution is -2.33. The Morgan fingerprint density at radius 3 is 2.93 bits per heavy atom. The van der Waals surface area contributed by atoms with Crippen LogP contribution in [0.25, 0.3) is 0 Å². The molecule has 0 spiro atoms. The van der Waals surface area contributed by atoms with Gasteiger partial charge in [-0.2, -0.15) is 5.10 Å². The minimum atomic E-state index is -0.252. The van der Waals surface area contributed by atoms with E-state index < -0.39 is 0 Å². The summed E-state index contributed by atoms with van der Waals surface area (Å²) in [5.74, 6) is 1.11. The molecule has 1 aliphatic heterocycles. The minimum Gasteiger partial charge on any atom is -0.492 e. The van der Waals surface area contributed by atoms with E-state index in [0.717, 1.165) is 16.9 Å². The number of para-hydroxylation sites is 1. The normalized spacial score (nSPS) is 15.7. The van der Waals surface area contributed by atoms with Gasteiger partial charge in [0, 0.05) is 6.07 Å². The van der Waals surface area contributed by atoms with Crippen molar-refractivity contribution in [1.82, 2.24) is 9.78 Å². The highest BCUT2D eigenvalue weighted by Crippen LogP contribution is 2.28. The molecule has 1 aromatic heterocycles. The molecule has 1 aliphatic rings. The highest BCUT2D eigenvalue weighted by molar-refractivity contribution is 6.42. The molecule has 0 saturated carbocycles. The minimum absolute atomic E-state index is 0.0940. The monoisotopic (exact) mass is 401 g/mol. The number of nitrogens with zero attached hydrogens (tertiary/aromatic N) is 2. The molecule has 0 fully saturated rings. The average Bonchev–Trinajstić information content (AvgIpc) is 3.11. The quantitative estimate of drug-likeness (QED) is 0.703. The van der Waals surface area contributed by atoms with Crippen LogP contribution in [0.4, 0.5) is 5.82 Å². The van der Waals surface area contributed by atoms with E-state index in [1.165, 1.54) is 0 Å². The summed E-state index contributed by atoms with van der Waals surface area (Å²) in [6, 6.07) is 15.0. The molecule has 1 amide bonds. The van der Waals surface area contributed by atoms with Crippen LogP contribution in [0.1, 0.15) is 11.1 Å². The highest BCUT2D eigenvalue weighted by Gasteiger charge is 2.26. The Bertz CT molecular complexity index is 987. The van der Waals surface area contributed by atoms with Gasteiger partial charge in [0.25, 0.3) is 0 Å². The lowest BCUT2D eigenvalue weighted by Gasteiger charge is -2.24. The second-order valence-electron chi connectivity index (χ2n) is 6.40. The van der Waals surface area contributed by atoms with Crippen LogP contribution < -0.4 is 10.1 Å². The lowest BCUT2D eigenvalue weighted by atomic mass is 9.96. The molecule has 0 radical (unpaired) electrons. The van der Waals surface area contributed by atoms with Crippen molar-refractivity contribution in [3.8, 4) is 5.75 Å². The number of fused-ring (bicyclic) bond motifs is 1. The van der Waals surface area contributed by atoms with E-state index in [1.54, 1.807) is 23.0 Å². The van der Waals surface area contributed by atoms with Gasteiger partial charge in [-0.25, -0.2) is 4.68 Å². The second-order valence-corrected chi connectivity index (χ2v) is 7.18. The van der Waals surface area contributed by atoms with Gasteiger partial charge in [-0.15, -0.1) is 0 Å². The van der Waals surface area contributed by atoms with Crippen LogP contribution in [-0.4, -0.2) is 22.3 Å². The predicted molar refractivity (Wildman–Crippen MR) is 106 cm³/mol. The molecule has 4 rings (SSSR count). The van der Waals surface area contributed by atoms with Crippen LogP contribution >= 0.6 is 23.2 Å². The van der Waals surface area contributed by atoms with Gasteiger partial charge >= 0.3 is 0 Å². The number of anilines is 1. The zero-order chi connectivity index (χ0) is 18.8. The first-order valence-electron chi connectivity index (χ1n) is 8.58. The third-order valence-corrected chi connectivity index (χ3v) is 5.43. The molecule has 0 bridgehead atoms. The van der Waals surface area contributed by atoms with Crippen molar-refractivity contribution < 1.29 is 9.53 Å². The van der Waals surface area contributed by atoms with Crippen LogP contribution in [0.3, 0.4) is 0 Å². The number of rotatable bonds is 4. The third kappa shape index (κ3) is 3.80. The molecular formula is C20H17Cl2N3O2. The fourth-order valence-corrected chi connectivity index (χ4v) is 3.50. The Labute approximate surface area is 166 Å². The van der Waals surface area contributed by atoms with E-state index in [-0.39, 0.29) is 11.8 Å². The molecule has 0 saturated heterocycles. The van der Waals surface area contributed by atoms with Gasteiger partial charge < -0.3 is 10.1 Å². The topological polar surface area (TPSA) is 56.2 Å². The van der Waals surface area contributed by atoms with Gasteiger partial charge in [-0.05, 0) is 29.7 Å². The van der Waals surface area contributed by atoms with Crippen LogP contribution in [-0.2, 0) is 17.8 Å². The number of nitrogens with one attached hydrogen (secondary N) is 1. The molecule has 0 aliphatic carbocycles. The predicted octanol–water partition coefficient (Wildman–Crippen LogP) is 4.43. The third-order valence-electron chi connectivity index (χ3n) is 4.57. The van der Waals surface area contributed by atoms with Crippen molar-refractivity contribution in [1.29, 1.82) is 0 Å². The van der Waals surface area contributed by atoms with E-state index in [0.29, 0.717) is 35.4 Å². The zero-order valence-electron chi connectivity index (χ0n) is 14.4. The Kier molecular flexibility index (Phi) is 5.05. The standard InChI is InChI=1S/C20H17Cl2N3O2/c21-16-6-3-5-14(19(16)22)11-25-18(8-9-23-25)24-20(26)15-10-13-4-1-2-7-17(13)27-12-15/h1-9,15H,10-12H2,(H,24,26). The Hall–Kier alpha value is -2.50. The Morgan fingerprint density at radius 1 is 1.19 bits per heavy atom. The number of ether oxygens (including phenoxy) is 1. The van der Waals surface area contributed by atoms with Crippen molar-refractivity contribution in [2.75, 3.05) is 11.9 Å². The lowest BCUT2D eigenvalue weighted by molar-refractivity contribution is -0.121. The summed E-state index contributed by atoms with van der Waals surface area (Å²) in [5, 5.41) is 8.22. The smallest absolute Gasteiger partial charge is 0.232 e. The number of aromatic nitrogens is 2. The molecule has 1 atom stereocenters. The summed E-state index contributed by atoms with van der Waals surface area (Å²) in [6.07, 6.45) is 2.29. The van der Waals surface area contributed by atoms with Crippen LogP contribution in [0, 0.1) is 5.92 Å². The number of hydrogen-bond acceptors (Lipinski definition) is 3. The largest absolute Gasteiger partial charge is 0.492 e. The summed E-state index contributed by atoms with van der Waals surface area (Å²) in [7, 11) is 0. The molecule has 5 nitrogen and oxygen atoms in total. The number of halogens is 2. The maximum Gasteiger partial charge on any atom is 0.232 e. The van der Waals surface area contributed by atoms with Crippen molar-refractivity contribution >= 4 is 34.9 Å². The first-order valence-corrected chi connectivity index (χ1v) is 9.33. The summed E-state index contributed by atoms with van der Waals surface area (Å²) in [6.45, 7) is 0.767. The van der Waals surface area contributed by atoms with Gasteiger partial charge in [0.2, 0.25) is 5.91 Å². The number of amides is 1. The maximum absolute atomic E-state index is 12.7. The van der Waals surface area contributed by atoms with Gasteiger partial charge in [0.15, 0.2) is 0 Å². The fourth-order valence-electron chi connectivity index (χ4n) is 3.12. The number of hydrogen-bond donors (Lipinski definition) is 1. The Morgan fingerprint density at radius 2 is 2.04 bits per heavy atom. The molecule has 27 heavy (non-hydrogen) atoms. The SMILES string of the molecule is O=C(Nc1ccnn1Cc1cccc(Cl)c1Cl)C1COc2ccccc2C1. The van der Waals surface area contributed by atoms with E-state index in [2.05, 4.69) is 10.4 Å². The first kappa shape index (κ1) is 17.9.